The zero-order valence-corrected chi connectivity index (χ0v) is 10.8. The minimum atomic E-state index is -0.0552. The van der Waals surface area contributed by atoms with Crippen LogP contribution in [0.5, 0.6) is 0 Å². The van der Waals surface area contributed by atoms with E-state index in [1.165, 1.54) is 0 Å². The van der Waals surface area contributed by atoms with Crippen LogP contribution in [0.3, 0.4) is 0 Å². The second-order valence-corrected chi connectivity index (χ2v) is 4.49. The number of hydrogen-bond acceptors (Lipinski definition) is 1. The van der Waals surface area contributed by atoms with E-state index in [0.29, 0.717) is 5.57 Å². The first-order chi connectivity index (χ1) is 6.93. The summed E-state index contributed by atoms with van der Waals surface area (Å²) < 4.78 is 1.01. The van der Waals surface area contributed by atoms with Crippen LogP contribution in [0.1, 0.15) is 12.5 Å². The van der Waals surface area contributed by atoms with Gasteiger partial charge in [-0.1, -0.05) is 22.5 Å². The summed E-state index contributed by atoms with van der Waals surface area (Å²) in [6.45, 7) is 7.34. The summed E-state index contributed by atoms with van der Waals surface area (Å²) in [5.41, 5.74) is 2.51. The maximum absolute atomic E-state index is 11.7. The molecule has 0 unspecified atom stereocenters. The molecule has 0 N–H and O–H groups in total. The van der Waals surface area contributed by atoms with E-state index in [1.807, 2.05) is 25.1 Å². The van der Waals surface area contributed by atoms with Crippen molar-refractivity contribution in [1.29, 1.82) is 0 Å². The Bertz CT molecular complexity index is 412. The molecule has 0 aliphatic rings. The quantitative estimate of drug-likeness (QED) is 0.754. The molecule has 2 nitrogen and oxygen atoms in total. The smallest absolute Gasteiger partial charge is 0.253 e. The number of likely N-dealkylation sites (N-methyl/N-ethyl adjacent to an activating group) is 1. The topological polar surface area (TPSA) is 20.3 Å². The van der Waals surface area contributed by atoms with Gasteiger partial charge >= 0.3 is 0 Å². The number of anilines is 1. The third-order valence-electron chi connectivity index (χ3n) is 2.19. The molecule has 1 amide bonds. The van der Waals surface area contributed by atoms with Crippen LogP contribution in [0.15, 0.2) is 34.8 Å². The predicted octanol–water partition coefficient (Wildman–Crippen LogP) is 3.30. The minimum absolute atomic E-state index is 0.0552. The number of amides is 1. The lowest BCUT2D eigenvalue weighted by atomic mass is 10.1. The lowest BCUT2D eigenvalue weighted by Gasteiger charge is -2.19. The first-order valence-electron chi connectivity index (χ1n) is 4.63. The molecule has 1 aromatic rings. The number of halogens is 1. The fourth-order valence-electron chi connectivity index (χ4n) is 1.39. The van der Waals surface area contributed by atoms with Gasteiger partial charge in [0.05, 0.1) is 0 Å². The Morgan fingerprint density at radius 2 is 2.07 bits per heavy atom. The number of aryl methyl sites for hydroxylation is 1. The number of carbonyl (C=O) groups is 1. The first-order valence-corrected chi connectivity index (χ1v) is 5.42. The van der Waals surface area contributed by atoms with Crippen LogP contribution in [0.4, 0.5) is 5.69 Å². The number of carbonyl (C=O) groups excluding carboxylic acids is 1. The zero-order chi connectivity index (χ0) is 11.6. The van der Waals surface area contributed by atoms with Gasteiger partial charge in [0.2, 0.25) is 0 Å². The van der Waals surface area contributed by atoms with Gasteiger partial charge in [-0.3, -0.25) is 4.79 Å². The summed E-state index contributed by atoms with van der Waals surface area (Å²) >= 11 is 3.39. The summed E-state index contributed by atoms with van der Waals surface area (Å²) in [7, 11) is 1.76. The van der Waals surface area contributed by atoms with Crippen molar-refractivity contribution >= 4 is 27.5 Å². The molecule has 0 atom stereocenters. The molecule has 0 aliphatic carbocycles. The molecule has 1 rings (SSSR count). The second kappa shape index (κ2) is 4.62. The lowest BCUT2D eigenvalue weighted by Crippen LogP contribution is -2.27. The Morgan fingerprint density at radius 1 is 1.47 bits per heavy atom. The molecule has 1 aromatic carbocycles. The SMILES string of the molecule is C=C(C)C(=O)N(C)c1ccc(Br)cc1C. The Kier molecular flexibility index (Phi) is 3.69. The van der Waals surface area contributed by atoms with E-state index < -0.39 is 0 Å². The molecular formula is C12H14BrNO. The predicted molar refractivity (Wildman–Crippen MR) is 67.1 cm³/mol. The Balaban J connectivity index is 3.06. The average Bonchev–Trinajstić information content (AvgIpc) is 2.15. The van der Waals surface area contributed by atoms with Gasteiger partial charge in [-0.2, -0.15) is 0 Å². The molecule has 0 spiro atoms. The maximum Gasteiger partial charge on any atom is 0.253 e. The van der Waals surface area contributed by atoms with Crippen LogP contribution in [0, 0.1) is 6.92 Å². The lowest BCUT2D eigenvalue weighted by molar-refractivity contribution is -0.114. The molecule has 0 aromatic heterocycles. The fourth-order valence-corrected chi connectivity index (χ4v) is 1.87. The highest BCUT2D eigenvalue weighted by Gasteiger charge is 2.13. The largest absolute Gasteiger partial charge is 0.311 e. The molecule has 0 saturated carbocycles. The van der Waals surface area contributed by atoms with Gasteiger partial charge in [0, 0.05) is 22.8 Å². The molecule has 0 bridgehead atoms. The van der Waals surface area contributed by atoms with E-state index >= 15 is 0 Å². The van der Waals surface area contributed by atoms with Crippen molar-refractivity contribution in [3.05, 3.63) is 40.4 Å². The highest BCUT2D eigenvalue weighted by atomic mass is 79.9. The standard InChI is InChI=1S/C12H14BrNO/c1-8(2)12(15)14(4)11-6-5-10(13)7-9(11)3/h5-7H,1H2,2-4H3. The van der Waals surface area contributed by atoms with Crippen molar-refractivity contribution in [3.8, 4) is 0 Å². The molecule has 0 radical (unpaired) electrons. The van der Waals surface area contributed by atoms with Crippen molar-refractivity contribution in [2.75, 3.05) is 11.9 Å². The van der Waals surface area contributed by atoms with Crippen molar-refractivity contribution < 1.29 is 4.79 Å². The molecule has 0 aliphatic heterocycles. The second-order valence-electron chi connectivity index (χ2n) is 3.58. The van der Waals surface area contributed by atoms with Crippen LogP contribution in [-0.2, 0) is 4.79 Å². The Labute approximate surface area is 98.7 Å². The number of nitrogens with zero attached hydrogens (tertiary/aromatic N) is 1. The number of hydrogen-bond donors (Lipinski definition) is 0. The number of rotatable bonds is 2. The minimum Gasteiger partial charge on any atom is -0.311 e. The van der Waals surface area contributed by atoms with E-state index in [4.69, 9.17) is 0 Å². The van der Waals surface area contributed by atoms with E-state index in [9.17, 15) is 4.79 Å². The molecule has 80 valence electrons. The van der Waals surface area contributed by atoms with E-state index in [2.05, 4.69) is 22.5 Å². The third-order valence-corrected chi connectivity index (χ3v) is 2.68. The summed E-state index contributed by atoms with van der Waals surface area (Å²) in [4.78, 5) is 13.3. The summed E-state index contributed by atoms with van der Waals surface area (Å²) in [5, 5.41) is 0. The molecular weight excluding hydrogens is 254 g/mol. The molecule has 0 fully saturated rings. The third kappa shape index (κ3) is 2.69. The van der Waals surface area contributed by atoms with Crippen LogP contribution in [0.2, 0.25) is 0 Å². The van der Waals surface area contributed by atoms with E-state index in [1.54, 1.807) is 18.9 Å². The van der Waals surface area contributed by atoms with Gasteiger partial charge in [-0.25, -0.2) is 0 Å². The van der Waals surface area contributed by atoms with Gasteiger partial charge in [0.1, 0.15) is 0 Å². The van der Waals surface area contributed by atoms with E-state index in [-0.39, 0.29) is 5.91 Å². The zero-order valence-electron chi connectivity index (χ0n) is 9.17. The van der Waals surface area contributed by atoms with Crippen LogP contribution >= 0.6 is 15.9 Å². The highest BCUT2D eigenvalue weighted by molar-refractivity contribution is 9.10. The van der Waals surface area contributed by atoms with Crippen molar-refractivity contribution in [1.82, 2.24) is 0 Å². The van der Waals surface area contributed by atoms with Crippen LogP contribution in [0.25, 0.3) is 0 Å². The van der Waals surface area contributed by atoms with Gasteiger partial charge in [-0.15, -0.1) is 0 Å². The Morgan fingerprint density at radius 3 is 2.53 bits per heavy atom. The maximum atomic E-state index is 11.7. The summed E-state index contributed by atoms with van der Waals surface area (Å²) in [6.07, 6.45) is 0. The van der Waals surface area contributed by atoms with Gasteiger partial charge in [0.25, 0.3) is 5.91 Å². The monoisotopic (exact) mass is 267 g/mol. The first kappa shape index (κ1) is 12.0. The highest BCUT2D eigenvalue weighted by Crippen LogP contribution is 2.23. The van der Waals surface area contributed by atoms with Crippen LogP contribution < -0.4 is 4.90 Å². The summed E-state index contributed by atoms with van der Waals surface area (Å²) in [5.74, 6) is -0.0552. The summed E-state index contributed by atoms with van der Waals surface area (Å²) in [6, 6.07) is 5.82. The van der Waals surface area contributed by atoms with Gasteiger partial charge in [0.15, 0.2) is 0 Å². The average molecular weight is 268 g/mol. The molecule has 15 heavy (non-hydrogen) atoms. The number of benzene rings is 1. The van der Waals surface area contributed by atoms with Crippen LogP contribution in [-0.4, -0.2) is 13.0 Å². The van der Waals surface area contributed by atoms with Crippen molar-refractivity contribution in [2.24, 2.45) is 0 Å². The molecule has 3 heteroatoms. The van der Waals surface area contributed by atoms with Gasteiger partial charge in [-0.05, 0) is 37.6 Å². The van der Waals surface area contributed by atoms with E-state index in [0.717, 1.165) is 15.7 Å². The van der Waals surface area contributed by atoms with Gasteiger partial charge < -0.3 is 4.90 Å². The van der Waals surface area contributed by atoms with Crippen molar-refractivity contribution in [3.63, 3.8) is 0 Å². The fraction of sp³-hybridized carbons (Fsp3) is 0.250. The Hall–Kier alpha value is -1.09. The normalized spacial score (nSPS) is 9.87. The molecule has 0 saturated heterocycles. The van der Waals surface area contributed by atoms with Crippen molar-refractivity contribution in [2.45, 2.75) is 13.8 Å². The molecule has 0 heterocycles.